The number of halogens is 1. The molecule has 0 bridgehead atoms. The highest BCUT2D eigenvalue weighted by Gasteiger charge is 2.13. The van der Waals surface area contributed by atoms with Crippen molar-refractivity contribution < 1.29 is 0 Å². The monoisotopic (exact) mass is 449 g/mol. The SMILES string of the molecule is Clc1cc(CNc2nc(-c3ccccn3)nnc2-c2ccccc2)ccc1-c1ccccc1. The number of nitrogens with zero attached hydrogens (tertiary/aromatic N) is 4. The van der Waals surface area contributed by atoms with E-state index in [2.05, 4.69) is 38.7 Å². The highest BCUT2D eigenvalue weighted by molar-refractivity contribution is 6.33. The summed E-state index contributed by atoms with van der Waals surface area (Å²) in [7, 11) is 0. The van der Waals surface area contributed by atoms with E-state index in [-0.39, 0.29) is 0 Å². The van der Waals surface area contributed by atoms with Crippen molar-refractivity contribution in [1.82, 2.24) is 20.2 Å². The number of nitrogens with one attached hydrogen (secondary N) is 1. The van der Waals surface area contributed by atoms with Crippen molar-refractivity contribution in [2.45, 2.75) is 6.54 Å². The van der Waals surface area contributed by atoms with E-state index in [1.54, 1.807) is 6.20 Å². The van der Waals surface area contributed by atoms with Crippen molar-refractivity contribution in [3.05, 3.63) is 114 Å². The van der Waals surface area contributed by atoms with Gasteiger partial charge in [0.2, 0.25) is 5.82 Å². The second-order valence-corrected chi connectivity index (χ2v) is 7.85. The maximum Gasteiger partial charge on any atom is 0.202 e. The van der Waals surface area contributed by atoms with Gasteiger partial charge < -0.3 is 5.32 Å². The molecule has 0 radical (unpaired) electrons. The zero-order valence-corrected chi connectivity index (χ0v) is 18.4. The minimum atomic E-state index is 0.468. The fraction of sp³-hybridized carbons (Fsp3) is 0.0370. The van der Waals surface area contributed by atoms with Crippen molar-refractivity contribution in [3.8, 4) is 33.9 Å². The van der Waals surface area contributed by atoms with E-state index in [1.165, 1.54) is 0 Å². The van der Waals surface area contributed by atoms with Gasteiger partial charge in [-0.1, -0.05) is 90.5 Å². The Morgan fingerprint density at radius 1 is 0.727 bits per heavy atom. The van der Waals surface area contributed by atoms with E-state index in [0.29, 0.717) is 34.6 Å². The van der Waals surface area contributed by atoms with Crippen LogP contribution in [0, 0.1) is 0 Å². The average molecular weight is 450 g/mol. The normalized spacial score (nSPS) is 10.7. The molecule has 5 nitrogen and oxygen atoms in total. The molecule has 0 fully saturated rings. The Bertz CT molecular complexity index is 1360. The fourth-order valence-electron chi connectivity index (χ4n) is 3.55. The van der Waals surface area contributed by atoms with Crippen LogP contribution in [0.4, 0.5) is 5.82 Å². The number of benzene rings is 3. The highest BCUT2D eigenvalue weighted by atomic mass is 35.5. The molecule has 2 aromatic heterocycles. The standard InChI is InChI=1S/C27H20ClN5/c28-23-17-19(14-15-22(23)20-9-3-1-4-10-20)18-30-27-25(21-11-5-2-6-12-21)32-33-26(31-27)24-13-7-8-16-29-24/h1-17H,18H2,(H,30,31,33). The predicted octanol–water partition coefficient (Wildman–Crippen LogP) is 6.53. The fourth-order valence-corrected chi connectivity index (χ4v) is 3.86. The van der Waals surface area contributed by atoms with Crippen LogP contribution in [0.2, 0.25) is 5.02 Å². The summed E-state index contributed by atoms with van der Waals surface area (Å²) in [6.07, 6.45) is 1.72. The summed E-state index contributed by atoms with van der Waals surface area (Å²) in [5.41, 5.74) is 5.42. The molecule has 1 N–H and O–H groups in total. The number of hydrogen-bond donors (Lipinski definition) is 1. The first-order chi connectivity index (χ1) is 16.3. The van der Waals surface area contributed by atoms with Crippen molar-refractivity contribution in [3.63, 3.8) is 0 Å². The van der Waals surface area contributed by atoms with Gasteiger partial charge in [0.1, 0.15) is 11.4 Å². The summed E-state index contributed by atoms with van der Waals surface area (Å²) in [6, 6.07) is 31.7. The third-order valence-corrected chi connectivity index (χ3v) is 5.52. The predicted molar refractivity (Wildman–Crippen MR) is 133 cm³/mol. The number of rotatable bonds is 6. The average Bonchev–Trinajstić information content (AvgIpc) is 2.89. The van der Waals surface area contributed by atoms with Crippen LogP contribution in [0.25, 0.3) is 33.9 Å². The van der Waals surface area contributed by atoms with E-state index < -0.39 is 0 Å². The minimum absolute atomic E-state index is 0.468. The summed E-state index contributed by atoms with van der Waals surface area (Å²) >= 11 is 6.60. The van der Waals surface area contributed by atoms with Gasteiger partial charge in [0.15, 0.2) is 5.82 Å². The summed E-state index contributed by atoms with van der Waals surface area (Å²) in [5.74, 6) is 1.11. The third-order valence-electron chi connectivity index (χ3n) is 5.21. The topological polar surface area (TPSA) is 63.6 Å². The van der Waals surface area contributed by atoms with Gasteiger partial charge >= 0.3 is 0 Å². The van der Waals surface area contributed by atoms with Gasteiger partial charge in [-0.15, -0.1) is 10.2 Å². The molecule has 0 amide bonds. The number of hydrogen-bond acceptors (Lipinski definition) is 5. The van der Waals surface area contributed by atoms with E-state index in [9.17, 15) is 0 Å². The largest absolute Gasteiger partial charge is 0.364 e. The van der Waals surface area contributed by atoms with Gasteiger partial charge in [0.05, 0.1) is 0 Å². The quantitative estimate of drug-likeness (QED) is 0.319. The van der Waals surface area contributed by atoms with Crippen LogP contribution in [-0.2, 0) is 6.54 Å². The molecular weight excluding hydrogens is 430 g/mol. The maximum atomic E-state index is 6.60. The van der Waals surface area contributed by atoms with Crippen LogP contribution < -0.4 is 5.32 Å². The smallest absolute Gasteiger partial charge is 0.202 e. The first-order valence-electron chi connectivity index (χ1n) is 10.6. The maximum absolute atomic E-state index is 6.60. The Hall–Kier alpha value is -4.09. The summed E-state index contributed by atoms with van der Waals surface area (Å²) < 4.78 is 0. The first-order valence-corrected chi connectivity index (χ1v) is 10.9. The molecule has 5 rings (SSSR count). The molecule has 0 aliphatic heterocycles. The van der Waals surface area contributed by atoms with Crippen molar-refractivity contribution >= 4 is 17.4 Å². The zero-order chi connectivity index (χ0) is 22.5. The molecule has 0 atom stereocenters. The molecule has 33 heavy (non-hydrogen) atoms. The number of anilines is 1. The highest BCUT2D eigenvalue weighted by Crippen LogP contribution is 2.30. The molecule has 2 heterocycles. The van der Waals surface area contributed by atoms with Crippen molar-refractivity contribution in [2.24, 2.45) is 0 Å². The third kappa shape index (κ3) is 4.73. The number of pyridine rings is 1. The van der Waals surface area contributed by atoms with Crippen LogP contribution in [0.3, 0.4) is 0 Å². The van der Waals surface area contributed by atoms with Gasteiger partial charge in [-0.25, -0.2) is 4.98 Å². The Balaban J connectivity index is 1.45. The van der Waals surface area contributed by atoms with Gasteiger partial charge in [0.25, 0.3) is 0 Å². The van der Waals surface area contributed by atoms with Gasteiger partial charge in [0, 0.05) is 28.9 Å². The van der Waals surface area contributed by atoms with Gasteiger partial charge in [-0.05, 0) is 29.3 Å². The number of aromatic nitrogens is 4. The molecule has 0 saturated heterocycles. The van der Waals surface area contributed by atoms with Crippen LogP contribution >= 0.6 is 11.6 Å². The molecule has 5 aromatic rings. The van der Waals surface area contributed by atoms with Gasteiger partial charge in [-0.3, -0.25) is 4.98 Å². The lowest BCUT2D eigenvalue weighted by atomic mass is 10.0. The molecule has 160 valence electrons. The Labute approximate surface area is 197 Å². The first kappa shape index (κ1) is 20.8. The molecule has 0 spiro atoms. The molecule has 0 aliphatic rings. The Morgan fingerprint density at radius 3 is 2.15 bits per heavy atom. The van der Waals surface area contributed by atoms with E-state index in [1.807, 2.05) is 78.9 Å². The molecule has 0 unspecified atom stereocenters. The molecular formula is C27H20ClN5. The summed E-state index contributed by atoms with van der Waals surface area (Å²) in [6.45, 7) is 0.537. The second-order valence-electron chi connectivity index (χ2n) is 7.45. The van der Waals surface area contributed by atoms with Crippen LogP contribution in [0.1, 0.15) is 5.56 Å². The lowest BCUT2D eigenvalue weighted by Gasteiger charge is -2.12. The molecule has 3 aromatic carbocycles. The summed E-state index contributed by atoms with van der Waals surface area (Å²) in [4.78, 5) is 9.09. The molecule has 0 aliphatic carbocycles. The zero-order valence-electron chi connectivity index (χ0n) is 17.7. The minimum Gasteiger partial charge on any atom is -0.364 e. The van der Waals surface area contributed by atoms with E-state index in [0.717, 1.165) is 22.3 Å². The van der Waals surface area contributed by atoms with Gasteiger partial charge in [-0.2, -0.15) is 0 Å². The summed E-state index contributed by atoms with van der Waals surface area (Å²) in [5, 5.41) is 12.9. The van der Waals surface area contributed by atoms with E-state index >= 15 is 0 Å². The van der Waals surface area contributed by atoms with Crippen LogP contribution in [-0.4, -0.2) is 20.2 Å². The van der Waals surface area contributed by atoms with Crippen molar-refractivity contribution in [1.29, 1.82) is 0 Å². The lowest BCUT2D eigenvalue weighted by Crippen LogP contribution is -2.07. The van der Waals surface area contributed by atoms with Crippen LogP contribution in [0.15, 0.2) is 103 Å². The Morgan fingerprint density at radius 2 is 1.45 bits per heavy atom. The molecule has 6 heteroatoms. The Kier molecular flexibility index (Phi) is 6.04. The second kappa shape index (κ2) is 9.59. The van der Waals surface area contributed by atoms with Crippen LogP contribution in [0.5, 0.6) is 0 Å². The lowest BCUT2D eigenvalue weighted by molar-refractivity contribution is 0.965. The van der Waals surface area contributed by atoms with E-state index in [4.69, 9.17) is 16.6 Å². The molecule has 0 saturated carbocycles. The van der Waals surface area contributed by atoms with Crippen molar-refractivity contribution in [2.75, 3.05) is 5.32 Å².